The van der Waals surface area contributed by atoms with E-state index in [0.29, 0.717) is 15.8 Å². The summed E-state index contributed by atoms with van der Waals surface area (Å²) in [5.41, 5.74) is 1.93. The molecule has 0 bridgehead atoms. The van der Waals surface area contributed by atoms with E-state index in [-0.39, 0.29) is 11.4 Å². The second-order valence-electron chi connectivity index (χ2n) is 4.06. The normalized spacial score (nSPS) is 10.3. The minimum atomic E-state index is -0.985. The summed E-state index contributed by atoms with van der Waals surface area (Å²) in [7, 11) is 0. The van der Waals surface area contributed by atoms with Crippen LogP contribution >= 0.6 is 15.9 Å². The van der Waals surface area contributed by atoms with Gasteiger partial charge < -0.3 is 10.4 Å². The van der Waals surface area contributed by atoms with E-state index in [9.17, 15) is 9.18 Å². The second kappa shape index (κ2) is 5.40. The molecule has 0 atom stereocenters. The highest BCUT2D eigenvalue weighted by Gasteiger charge is 2.10. The average molecular weight is 324 g/mol. The number of aromatic carboxylic acids is 1. The van der Waals surface area contributed by atoms with E-state index in [1.54, 1.807) is 31.2 Å². The molecule has 0 aliphatic carbocycles. The Hall–Kier alpha value is -1.88. The van der Waals surface area contributed by atoms with Crippen molar-refractivity contribution in [2.24, 2.45) is 0 Å². The van der Waals surface area contributed by atoms with Crippen molar-refractivity contribution in [2.45, 2.75) is 6.92 Å². The molecule has 2 N–H and O–H groups in total. The summed E-state index contributed by atoms with van der Waals surface area (Å²) in [5.74, 6) is -1.36. The first kappa shape index (κ1) is 13.5. The van der Waals surface area contributed by atoms with Gasteiger partial charge >= 0.3 is 5.97 Å². The van der Waals surface area contributed by atoms with Gasteiger partial charge in [0.2, 0.25) is 0 Å². The predicted octanol–water partition coefficient (Wildman–Crippen LogP) is 4.34. The molecule has 0 spiro atoms. The molecule has 2 aromatic carbocycles. The van der Waals surface area contributed by atoms with E-state index in [1.807, 2.05) is 0 Å². The van der Waals surface area contributed by atoms with Gasteiger partial charge in [0.25, 0.3) is 0 Å². The molecule has 0 aromatic heterocycles. The lowest BCUT2D eigenvalue weighted by molar-refractivity contribution is 0.0697. The molecule has 2 rings (SSSR count). The first-order chi connectivity index (χ1) is 8.99. The van der Waals surface area contributed by atoms with Gasteiger partial charge in [0.15, 0.2) is 0 Å². The number of carboxylic acid groups (broad SMARTS) is 1. The van der Waals surface area contributed by atoms with Crippen LogP contribution in [0.1, 0.15) is 15.9 Å². The van der Waals surface area contributed by atoms with E-state index < -0.39 is 5.97 Å². The second-order valence-corrected chi connectivity index (χ2v) is 4.91. The molecule has 19 heavy (non-hydrogen) atoms. The monoisotopic (exact) mass is 323 g/mol. The van der Waals surface area contributed by atoms with Crippen LogP contribution in [0.3, 0.4) is 0 Å². The van der Waals surface area contributed by atoms with Gasteiger partial charge in [-0.1, -0.05) is 6.07 Å². The van der Waals surface area contributed by atoms with Gasteiger partial charge in [-0.05, 0) is 58.7 Å². The minimum absolute atomic E-state index is 0.204. The molecule has 0 amide bonds. The van der Waals surface area contributed by atoms with Crippen LogP contribution in [0, 0.1) is 12.7 Å². The average Bonchev–Trinajstić information content (AvgIpc) is 2.35. The Balaban J connectivity index is 2.36. The zero-order valence-electron chi connectivity index (χ0n) is 10.1. The van der Waals surface area contributed by atoms with Crippen LogP contribution in [0.4, 0.5) is 15.8 Å². The quantitative estimate of drug-likeness (QED) is 0.883. The zero-order chi connectivity index (χ0) is 14.0. The van der Waals surface area contributed by atoms with E-state index in [0.717, 1.165) is 5.56 Å². The Morgan fingerprint density at radius 1 is 1.32 bits per heavy atom. The Morgan fingerprint density at radius 3 is 2.63 bits per heavy atom. The summed E-state index contributed by atoms with van der Waals surface area (Å²) in [6, 6.07) is 9.33. The highest BCUT2D eigenvalue weighted by molar-refractivity contribution is 9.10. The van der Waals surface area contributed by atoms with Crippen LogP contribution in [0.2, 0.25) is 0 Å². The Kier molecular flexibility index (Phi) is 3.85. The highest BCUT2D eigenvalue weighted by Crippen LogP contribution is 2.30. The molecule has 5 heteroatoms. The van der Waals surface area contributed by atoms with Crippen LogP contribution in [-0.4, -0.2) is 11.1 Å². The molecule has 0 saturated carbocycles. The zero-order valence-corrected chi connectivity index (χ0v) is 11.7. The van der Waals surface area contributed by atoms with Crippen LogP contribution in [0.25, 0.3) is 0 Å². The first-order valence-electron chi connectivity index (χ1n) is 5.54. The molecule has 0 saturated heterocycles. The number of anilines is 2. The number of halogens is 2. The molecule has 0 aliphatic heterocycles. The standard InChI is InChI=1S/C14H11BrFNO2/c1-8-7-9(14(18)19)5-6-12(8)17-13-10(15)3-2-4-11(13)16/h2-7,17H,1H3,(H,18,19). The number of nitrogens with one attached hydrogen (secondary N) is 1. The van der Waals surface area contributed by atoms with E-state index in [2.05, 4.69) is 21.2 Å². The van der Waals surface area contributed by atoms with Crippen LogP contribution in [0.15, 0.2) is 40.9 Å². The number of benzene rings is 2. The molecule has 0 radical (unpaired) electrons. The van der Waals surface area contributed by atoms with Gasteiger partial charge in [-0.2, -0.15) is 0 Å². The van der Waals surface area contributed by atoms with E-state index >= 15 is 0 Å². The maximum atomic E-state index is 13.7. The number of hydrogen-bond acceptors (Lipinski definition) is 2. The van der Waals surface area contributed by atoms with Gasteiger partial charge in [-0.3, -0.25) is 0 Å². The SMILES string of the molecule is Cc1cc(C(=O)O)ccc1Nc1c(F)cccc1Br. The van der Waals surface area contributed by atoms with Crippen molar-refractivity contribution in [3.63, 3.8) is 0 Å². The van der Waals surface area contributed by atoms with Crippen LogP contribution < -0.4 is 5.32 Å². The highest BCUT2D eigenvalue weighted by atomic mass is 79.9. The van der Waals surface area contributed by atoms with Crippen molar-refractivity contribution >= 4 is 33.3 Å². The molecule has 3 nitrogen and oxygen atoms in total. The summed E-state index contributed by atoms with van der Waals surface area (Å²) in [6.45, 7) is 1.77. The Labute approximate surface area is 118 Å². The van der Waals surface area contributed by atoms with Gasteiger partial charge in [0.05, 0.1) is 11.3 Å². The third-order valence-electron chi connectivity index (χ3n) is 2.70. The molecule has 2 aromatic rings. The maximum absolute atomic E-state index is 13.7. The largest absolute Gasteiger partial charge is 0.478 e. The van der Waals surface area contributed by atoms with Crippen molar-refractivity contribution in [1.82, 2.24) is 0 Å². The van der Waals surface area contributed by atoms with Crippen molar-refractivity contribution in [2.75, 3.05) is 5.32 Å². The summed E-state index contributed by atoms with van der Waals surface area (Å²) in [4.78, 5) is 10.8. The van der Waals surface area contributed by atoms with Gasteiger partial charge in [-0.25, -0.2) is 9.18 Å². The Morgan fingerprint density at radius 2 is 2.05 bits per heavy atom. The van der Waals surface area contributed by atoms with Crippen LogP contribution in [-0.2, 0) is 0 Å². The smallest absolute Gasteiger partial charge is 0.335 e. The number of aryl methyl sites for hydroxylation is 1. The van der Waals surface area contributed by atoms with Crippen molar-refractivity contribution in [3.8, 4) is 0 Å². The fraction of sp³-hybridized carbons (Fsp3) is 0.0714. The third kappa shape index (κ3) is 2.93. The molecule has 0 aliphatic rings. The summed E-state index contributed by atoms with van der Waals surface area (Å²) < 4.78 is 14.3. The molecular weight excluding hydrogens is 313 g/mol. The number of para-hydroxylation sites is 1. The lowest BCUT2D eigenvalue weighted by atomic mass is 10.1. The topological polar surface area (TPSA) is 49.3 Å². The fourth-order valence-corrected chi connectivity index (χ4v) is 2.13. The fourth-order valence-electron chi connectivity index (χ4n) is 1.69. The first-order valence-corrected chi connectivity index (χ1v) is 6.33. The van der Waals surface area contributed by atoms with Crippen molar-refractivity contribution < 1.29 is 14.3 Å². The molecular formula is C14H11BrFNO2. The maximum Gasteiger partial charge on any atom is 0.335 e. The van der Waals surface area contributed by atoms with E-state index in [1.165, 1.54) is 12.1 Å². The van der Waals surface area contributed by atoms with Gasteiger partial charge in [0.1, 0.15) is 5.82 Å². The van der Waals surface area contributed by atoms with Gasteiger partial charge in [-0.15, -0.1) is 0 Å². The molecule has 0 heterocycles. The summed E-state index contributed by atoms with van der Waals surface area (Å²) in [6.07, 6.45) is 0. The molecule has 0 unspecified atom stereocenters. The molecule has 98 valence electrons. The number of carboxylic acids is 1. The summed E-state index contributed by atoms with van der Waals surface area (Å²) >= 11 is 3.27. The lowest BCUT2D eigenvalue weighted by Gasteiger charge is -2.12. The lowest BCUT2D eigenvalue weighted by Crippen LogP contribution is -2.00. The number of rotatable bonds is 3. The van der Waals surface area contributed by atoms with Gasteiger partial charge in [0, 0.05) is 10.2 Å². The summed E-state index contributed by atoms with van der Waals surface area (Å²) in [5, 5.41) is 11.9. The number of carbonyl (C=O) groups is 1. The molecule has 0 fully saturated rings. The third-order valence-corrected chi connectivity index (χ3v) is 3.36. The van der Waals surface area contributed by atoms with Crippen LogP contribution in [0.5, 0.6) is 0 Å². The predicted molar refractivity (Wildman–Crippen MR) is 75.5 cm³/mol. The minimum Gasteiger partial charge on any atom is -0.478 e. The van der Waals surface area contributed by atoms with Crippen molar-refractivity contribution in [3.05, 3.63) is 57.8 Å². The Bertz CT molecular complexity index is 623. The van der Waals surface area contributed by atoms with E-state index in [4.69, 9.17) is 5.11 Å². The van der Waals surface area contributed by atoms with Crippen molar-refractivity contribution in [1.29, 1.82) is 0 Å². The number of hydrogen-bond donors (Lipinski definition) is 2.